The minimum absolute atomic E-state index is 0.251. The monoisotopic (exact) mass is 396 g/mol. The molecule has 23 heavy (non-hydrogen) atoms. The lowest BCUT2D eigenvalue weighted by Crippen LogP contribution is -2.49. The van der Waals surface area contributed by atoms with E-state index in [4.69, 9.17) is 0 Å². The molecule has 2 atom stereocenters. The lowest BCUT2D eigenvalue weighted by Gasteiger charge is -2.35. The summed E-state index contributed by atoms with van der Waals surface area (Å²) in [7, 11) is 1.98. The van der Waals surface area contributed by atoms with Crippen molar-refractivity contribution in [3.8, 4) is 0 Å². The first-order valence-electron chi connectivity index (χ1n) is 8.35. The summed E-state index contributed by atoms with van der Waals surface area (Å²) in [5.74, 6) is 0.777. The lowest BCUT2D eigenvalue weighted by atomic mass is 9.98. The summed E-state index contributed by atoms with van der Waals surface area (Å²) < 4.78 is 1.13. The minimum atomic E-state index is 0.251. The number of fused-ring (bicyclic) bond motifs is 2. The zero-order chi connectivity index (χ0) is 16.6. The van der Waals surface area contributed by atoms with Crippen molar-refractivity contribution in [1.29, 1.82) is 0 Å². The molecule has 0 spiro atoms. The molecule has 2 heterocycles. The van der Waals surface area contributed by atoms with Gasteiger partial charge in [-0.05, 0) is 62.8 Å². The Labute approximate surface area is 151 Å². The van der Waals surface area contributed by atoms with Gasteiger partial charge in [-0.25, -0.2) is 0 Å². The second-order valence-corrected chi connectivity index (χ2v) is 8.79. The molecule has 1 N–H and O–H groups in total. The lowest BCUT2D eigenvalue weighted by molar-refractivity contribution is -0.129. The fourth-order valence-corrected chi connectivity index (χ4v) is 5.19. The number of carbonyl (C=O) groups excluding carboxylic acids is 1. The third-order valence-corrected chi connectivity index (χ3v) is 7.19. The van der Waals surface area contributed by atoms with E-state index in [0.717, 1.165) is 17.3 Å². The van der Waals surface area contributed by atoms with E-state index in [1.807, 2.05) is 11.9 Å². The number of piperidine rings is 1. The second kappa shape index (κ2) is 7.16. The Hall–Kier alpha value is -0.520. The Kier molecular flexibility index (Phi) is 5.39. The fourth-order valence-electron chi connectivity index (χ4n) is 3.70. The summed E-state index contributed by atoms with van der Waals surface area (Å²) in [6.45, 7) is 4.19. The molecule has 2 saturated heterocycles. The molecule has 5 heteroatoms. The van der Waals surface area contributed by atoms with E-state index in [1.54, 1.807) is 11.8 Å². The molecule has 0 aromatic heterocycles. The average molecular weight is 397 g/mol. The largest absolute Gasteiger partial charge is 0.342 e. The predicted octanol–water partition coefficient (Wildman–Crippen LogP) is 3.90. The number of benzene rings is 1. The van der Waals surface area contributed by atoms with Gasteiger partial charge in [-0.3, -0.25) is 4.79 Å². The van der Waals surface area contributed by atoms with Gasteiger partial charge in [0.1, 0.15) is 0 Å². The topological polar surface area (TPSA) is 32.3 Å². The van der Waals surface area contributed by atoms with Crippen LogP contribution >= 0.6 is 27.7 Å². The summed E-state index contributed by atoms with van der Waals surface area (Å²) in [4.78, 5) is 15.8. The van der Waals surface area contributed by atoms with Crippen LogP contribution in [0.3, 0.4) is 0 Å². The highest BCUT2D eigenvalue weighted by atomic mass is 79.9. The molecule has 2 unspecified atom stereocenters. The van der Waals surface area contributed by atoms with E-state index in [-0.39, 0.29) is 5.91 Å². The van der Waals surface area contributed by atoms with Crippen LogP contribution in [0.5, 0.6) is 0 Å². The van der Waals surface area contributed by atoms with Crippen LogP contribution in [0.15, 0.2) is 21.5 Å². The van der Waals surface area contributed by atoms with Gasteiger partial charge >= 0.3 is 0 Å². The molecule has 2 aliphatic rings. The molecule has 3 rings (SSSR count). The Bertz CT molecular complexity index is 595. The fraction of sp³-hybridized carbons (Fsp3) is 0.611. The number of nitrogens with zero attached hydrogens (tertiary/aromatic N) is 1. The van der Waals surface area contributed by atoms with Crippen molar-refractivity contribution in [2.24, 2.45) is 0 Å². The molecule has 2 bridgehead atoms. The highest BCUT2D eigenvalue weighted by Crippen LogP contribution is 2.31. The first-order valence-corrected chi connectivity index (χ1v) is 10.1. The number of amides is 1. The summed E-state index contributed by atoms with van der Waals surface area (Å²) in [5.41, 5.74) is 2.44. The smallest absolute Gasteiger partial charge is 0.232 e. The van der Waals surface area contributed by atoms with Crippen LogP contribution < -0.4 is 5.32 Å². The third kappa shape index (κ3) is 3.94. The van der Waals surface area contributed by atoms with Crippen LogP contribution in [0.2, 0.25) is 0 Å². The van der Waals surface area contributed by atoms with Crippen molar-refractivity contribution in [1.82, 2.24) is 10.2 Å². The summed E-state index contributed by atoms with van der Waals surface area (Å²) in [5, 5.41) is 3.64. The number of hydrogen-bond acceptors (Lipinski definition) is 3. The van der Waals surface area contributed by atoms with Crippen molar-refractivity contribution in [2.45, 2.75) is 62.6 Å². The van der Waals surface area contributed by atoms with Gasteiger partial charge in [0, 0.05) is 34.5 Å². The summed E-state index contributed by atoms with van der Waals surface area (Å²) in [6, 6.07) is 5.96. The van der Waals surface area contributed by atoms with Gasteiger partial charge in [-0.15, -0.1) is 11.8 Å². The Balaban J connectivity index is 1.58. The van der Waals surface area contributed by atoms with Crippen molar-refractivity contribution < 1.29 is 4.79 Å². The number of carbonyl (C=O) groups is 1. The van der Waals surface area contributed by atoms with Crippen LogP contribution in [0.25, 0.3) is 0 Å². The maximum absolute atomic E-state index is 12.6. The Morgan fingerprint density at radius 3 is 2.57 bits per heavy atom. The quantitative estimate of drug-likeness (QED) is 0.783. The van der Waals surface area contributed by atoms with Crippen molar-refractivity contribution in [3.63, 3.8) is 0 Å². The predicted molar refractivity (Wildman–Crippen MR) is 100 cm³/mol. The normalized spacial score (nSPS) is 26.3. The molecular weight excluding hydrogens is 372 g/mol. The Morgan fingerprint density at radius 2 is 1.91 bits per heavy atom. The van der Waals surface area contributed by atoms with Gasteiger partial charge in [-0.2, -0.15) is 0 Å². The zero-order valence-corrected chi connectivity index (χ0v) is 16.5. The van der Waals surface area contributed by atoms with Crippen LogP contribution in [-0.4, -0.2) is 41.7 Å². The molecule has 1 aromatic rings. The standard InChI is InChI=1S/C18H25BrN2OS/c1-11-7-17(12(2)6-16(11)19)23-10-18(22)21(3)15-8-13-4-5-14(9-15)20-13/h6-7,13-15,20H,4-5,8-10H2,1-3H3. The Morgan fingerprint density at radius 1 is 1.26 bits per heavy atom. The molecule has 126 valence electrons. The van der Waals surface area contributed by atoms with E-state index in [9.17, 15) is 4.79 Å². The van der Waals surface area contributed by atoms with Gasteiger partial charge in [0.2, 0.25) is 5.91 Å². The van der Waals surface area contributed by atoms with Gasteiger partial charge in [0.25, 0.3) is 0 Å². The maximum atomic E-state index is 12.6. The number of hydrogen-bond donors (Lipinski definition) is 1. The van der Waals surface area contributed by atoms with Gasteiger partial charge in [0.15, 0.2) is 0 Å². The third-order valence-electron chi connectivity index (χ3n) is 5.20. The van der Waals surface area contributed by atoms with Crippen LogP contribution in [-0.2, 0) is 4.79 Å². The number of thioether (sulfide) groups is 1. The highest BCUT2D eigenvalue weighted by molar-refractivity contribution is 9.10. The van der Waals surface area contributed by atoms with E-state index in [1.165, 1.54) is 28.9 Å². The average Bonchev–Trinajstić information content (AvgIpc) is 2.86. The number of rotatable bonds is 4. The molecule has 0 radical (unpaired) electrons. The molecule has 1 amide bonds. The molecule has 2 fully saturated rings. The first-order chi connectivity index (χ1) is 10.9. The van der Waals surface area contributed by atoms with Gasteiger partial charge < -0.3 is 10.2 Å². The minimum Gasteiger partial charge on any atom is -0.342 e. The molecule has 0 saturated carbocycles. The SMILES string of the molecule is Cc1cc(SCC(=O)N(C)C2CC3CCC(C2)N3)c(C)cc1Br. The van der Waals surface area contributed by atoms with Crippen molar-refractivity contribution in [3.05, 3.63) is 27.7 Å². The first kappa shape index (κ1) is 17.3. The van der Waals surface area contributed by atoms with Gasteiger partial charge in [0.05, 0.1) is 5.75 Å². The molecule has 2 aliphatic heterocycles. The van der Waals surface area contributed by atoms with E-state index >= 15 is 0 Å². The van der Waals surface area contributed by atoms with Crippen molar-refractivity contribution >= 4 is 33.6 Å². The van der Waals surface area contributed by atoms with Crippen LogP contribution in [0.4, 0.5) is 0 Å². The number of halogens is 1. The van der Waals surface area contributed by atoms with E-state index in [0.29, 0.717) is 23.9 Å². The summed E-state index contributed by atoms with van der Waals surface area (Å²) in [6.07, 6.45) is 4.77. The summed E-state index contributed by atoms with van der Waals surface area (Å²) >= 11 is 5.22. The molecule has 0 aliphatic carbocycles. The number of nitrogens with one attached hydrogen (secondary N) is 1. The van der Waals surface area contributed by atoms with Gasteiger partial charge in [-0.1, -0.05) is 15.9 Å². The van der Waals surface area contributed by atoms with Crippen LogP contribution in [0.1, 0.15) is 36.8 Å². The molecule has 1 aromatic carbocycles. The maximum Gasteiger partial charge on any atom is 0.232 e. The molecular formula is C18H25BrN2OS. The van der Waals surface area contributed by atoms with E-state index in [2.05, 4.69) is 47.2 Å². The number of aryl methyl sites for hydroxylation is 2. The zero-order valence-electron chi connectivity index (χ0n) is 14.1. The van der Waals surface area contributed by atoms with Crippen LogP contribution in [0, 0.1) is 13.8 Å². The second-order valence-electron chi connectivity index (χ2n) is 6.92. The molecule has 3 nitrogen and oxygen atoms in total. The van der Waals surface area contributed by atoms with E-state index < -0.39 is 0 Å². The van der Waals surface area contributed by atoms with Crippen molar-refractivity contribution in [2.75, 3.05) is 12.8 Å². The highest BCUT2D eigenvalue weighted by Gasteiger charge is 2.36.